The molecular weight excluding hydrogens is 1150 g/mol. The topological polar surface area (TPSA) is 260 Å². The van der Waals surface area contributed by atoms with Crippen LogP contribution in [0.3, 0.4) is 0 Å². The number of methoxy groups -OCH3 is 2. The molecule has 0 saturated carbocycles. The summed E-state index contributed by atoms with van der Waals surface area (Å²) >= 11 is 0. The molecule has 4 aliphatic heterocycles. The highest BCUT2D eigenvalue weighted by atomic mass is 32.2. The van der Waals surface area contributed by atoms with Crippen LogP contribution >= 0.6 is 0 Å². The van der Waals surface area contributed by atoms with Crippen LogP contribution in [0.4, 0.5) is 28.4 Å². The smallest absolute Gasteiger partial charge is 0.493 e. The predicted octanol–water partition coefficient (Wildman–Crippen LogP) is 5.75. The van der Waals surface area contributed by atoms with Gasteiger partial charge in [0.05, 0.1) is 63.1 Å². The number of carbonyl (C=O) groups excluding carboxylic acids is 1. The third kappa shape index (κ3) is 19.2. The highest BCUT2D eigenvalue weighted by molar-refractivity contribution is 7.90. The molecule has 4 aliphatic rings. The number of pyridine rings is 3. The van der Waals surface area contributed by atoms with Gasteiger partial charge < -0.3 is 63.8 Å². The summed E-state index contributed by atoms with van der Waals surface area (Å²) < 4.78 is 87.7. The van der Waals surface area contributed by atoms with E-state index in [1.54, 1.807) is 67.9 Å². The lowest BCUT2D eigenvalue weighted by atomic mass is 9.85. The van der Waals surface area contributed by atoms with Gasteiger partial charge in [0.1, 0.15) is 17.1 Å². The average molecular weight is 1250 g/mol. The average Bonchev–Trinajstić information content (AvgIpc) is 1.24. The first kappa shape index (κ1) is 68.0. The Hall–Kier alpha value is -6.51. The molecule has 4 saturated heterocycles. The molecule has 87 heavy (non-hydrogen) atoms. The van der Waals surface area contributed by atoms with Gasteiger partial charge in [0.15, 0.2) is 24.2 Å². The largest absolute Gasteiger partial charge is 0.594 e. The van der Waals surface area contributed by atoms with E-state index in [1.807, 2.05) is 37.5 Å². The molecule has 4 fully saturated rings. The number of anilines is 5. The van der Waals surface area contributed by atoms with Crippen LogP contribution in [-0.2, 0) is 44.0 Å². The van der Waals surface area contributed by atoms with Crippen LogP contribution in [0.2, 0.25) is 0 Å². The van der Waals surface area contributed by atoms with Crippen molar-refractivity contribution >= 4 is 82.5 Å². The molecule has 5 aromatic rings. The Labute approximate surface area is 515 Å². The maximum Gasteiger partial charge on any atom is 0.493 e. The quantitative estimate of drug-likeness (QED) is 0.0486. The van der Waals surface area contributed by atoms with Gasteiger partial charge in [-0.25, -0.2) is 13.1 Å². The van der Waals surface area contributed by atoms with Crippen molar-refractivity contribution in [2.45, 2.75) is 92.3 Å². The van der Waals surface area contributed by atoms with Crippen molar-refractivity contribution in [1.82, 2.24) is 14.7 Å². The first-order chi connectivity index (χ1) is 41.2. The summed E-state index contributed by atoms with van der Waals surface area (Å²) in [4.78, 5) is 32.6. The van der Waals surface area contributed by atoms with Gasteiger partial charge in [0.2, 0.25) is 10.0 Å². The molecular formula is C62H93N11O12S2. The SMILES string of the molecule is CN(C)c1cc[n+](S(=O)(=O)N=C([O-])OC(C)(C)C)cc1.COc1cc2nccc(N3CCC(C(C)CN)CC3)c2cc1N1CCOCC1.COc1cc2nccc(N3CCC(C(C)CNS(=O)(=O)CC(=O)OC(C)(C)C)CC3)c2cc1N1CCOCC1. The van der Waals surface area contributed by atoms with Crippen LogP contribution in [0.25, 0.3) is 21.8 Å². The van der Waals surface area contributed by atoms with Crippen LogP contribution in [-0.4, -0.2) is 176 Å². The van der Waals surface area contributed by atoms with Crippen molar-refractivity contribution in [1.29, 1.82) is 0 Å². The van der Waals surface area contributed by atoms with E-state index in [4.69, 9.17) is 34.2 Å². The fourth-order valence-corrected chi connectivity index (χ4v) is 12.9. The zero-order valence-corrected chi connectivity index (χ0v) is 54.6. The predicted molar refractivity (Wildman–Crippen MR) is 341 cm³/mol. The van der Waals surface area contributed by atoms with Crippen LogP contribution in [0.5, 0.6) is 11.5 Å². The maximum absolute atomic E-state index is 12.4. The van der Waals surface area contributed by atoms with Gasteiger partial charge in [-0.15, -0.1) is 8.42 Å². The highest BCUT2D eigenvalue weighted by Crippen LogP contribution is 2.40. The van der Waals surface area contributed by atoms with E-state index in [0.717, 1.165) is 146 Å². The Balaban J connectivity index is 0.000000198. The second kappa shape index (κ2) is 30.1. The normalized spacial score (nSPS) is 17.6. The number of nitrogens with two attached hydrogens (primary N) is 1. The monoisotopic (exact) mass is 1250 g/mol. The molecule has 0 radical (unpaired) electrons. The molecule has 0 aliphatic carbocycles. The molecule has 0 spiro atoms. The van der Waals surface area contributed by atoms with Crippen LogP contribution in [0.15, 0.2) is 77.7 Å². The van der Waals surface area contributed by atoms with Crippen molar-refractivity contribution in [2.24, 2.45) is 33.8 Å². The molecule has 2 aromatic carbocycles. The number of aromatic nitrogens is 3. The van der Waals surface area contributed by atoms with E-state index < -0.39 is 49.2 Å². The summed E-state index contributed by atoms with van der Waals surface area (Å²) in [5, 5.41) is 13.7. The lowest BCUT2D eigenvalue weighted by molar-refractivity contribution is -0.511. The second-order valence-electron chi connectivity index (χ2n) is 24.8. The summed E-state index contributed by atoms with van der Waals surface area (Å²) in [6, 6.07) is 16.0. The Morgan fingerprint density at radius 3 is 1.52 bits per heavy atom. The second-order valence-corrected chi connectivity index (χ2v) is 28.1. The minimum Gasteiger partial charge on any atom is -0.594 e. The third-order valence-corrected chi connectivity index (χ3v) is 18.4. The molecule has 25 heteroatoms. The number of nitrogens with zero attached hydrogens (tertiary/aromatic N) is 9. The van der Waals surface area contributed by atoms with E-state index in [-0.39, 0.29) is 5.92 Å². The molecule has 3 aromatic heterocycles. The van der Waals surface area contributed by atoms with E-state index in [9.17, 15) is 26.7 Å². The molecule has 0 bridgehead atoms. The van der Waals surface area contributed by atoms with Crippen molar-refractivity contribution < 1.29 is 59.1 Å². The van der Waals surface area contributed by atoms with Gasteiger partial charge in [-0.1, -0.05) is 43.0 Å². The number of benzene rings is 2. The lowest BCUT2D eigenvalue weighted by Crippen LogP contribution is -2.43. The Bertz CT molecular complexity index is 3320. The Kier molecular flexibility index (Phi) is 23.5. The van der Waals surface area contributed by atoms with Crippen molar-refractivity contribution in [3.05, 3.63) is 73.3 Å². The lowest BCUT2D eigenvalue weighted by Gasteiger charge is -2.37. The first-order valence-electron chi connectivity index (χ1n) is 30.1. The highest BCUT2D eigenvalue weighted by Gasteiger charge is 2.30. The van der Waals surface area contributed by atoms with E-state index in [1.165, 1.54) is 36.3 Å². The number of nitrogens with one attached hydrogen (secondary N) is 1. The zero-order valence-electron chi connectivity index (χ0n) is 53.0. The summed E-state index contributed by atoms with van der Waals surface area (Å²) in [7, 11) is -0.781. The number of rotatable bonds is 17. The van der Waals surface area contributed by atoms with Gasteiger partial charge >= 0.3 is 16.2 Å². The minimum absolute atomic E-state index is 0.145. The standard InChI is InChI=1S/C28H42N4O6S.C22H32N4O2.C12H19N3O4S/c1-20(18-30-39(34,35)19-27(33)38-28(2,3)4)21-7-10-31(11-8-21)24-6-9-29-23-17-26(36-5)25(16-22(23)24)32-12-14-37-15-13-32;1-16(15-23)17-4-7-25(8-5-17)20-3-6-24-19-14-22(27-2)21(13-18(19)20)26-9-11-28-12-10-26;1-12(2,3)19-11(16)13-20(17,18)15-8-6-10(7-9-15)14(4)5/h6,9,16-17,20-21,30H,7-8,10-15,18-19H2,1-5H3;3,6,13-14,16-17H,4-5,7-12,15,23H2,1-2H3;6-9H,1-5H3. The van der Waals surface area contributed by atoms with E-state index >= 15 is 0 Å². The fourth-order valence-electron chi connectivity index (χ4n) is 11.2. The molecule has 480 valence electrons. The summed E-state index contributed by atoms with van der Waals surface area (Å²) in [6.45, 7) is 25.7. The molecule has 3 N–H and O–H groups in total. The fraction of sp³-hybridized carbons (Fsp3) is 0.597. The Morgan fingerprint density at radius 2 is 1.11 bits per heavy atom. The molecule has 9 rings (SSSR count). The van der Waals surface area contributed by atoms with Crippen molar-refractivity contribution in [3.8, 4) is 11.5 Å². The van der Waals surface area contributed by atoms with E-state index in [0.29, 0.717) is 31.6 Å². The number of piperidine rings is 2. The third-order valence-electron chi connectivity index (χ3n) is 16.0. The maximum atomic E-state index is 12.4. The molecule has 2 atom stereocenters. The van der Waals surface area contributed by atoms with E-state index in [2.05, 4.69) is 82.9 Å². The van der Waals surface area contributed by atoms with Gasteiger partial charge in [0, 0.05) is 143 Å². The number of hydrogen-bond donors (Lipinski definition) is 2. The number of morpholine rings is 2. The summed E-state index contributed by atoms with van der Waals surface area (Å²) in [6.07, 6.45) is 9.57. The number of hydrogen-bond acceptors (Lipinski definition) is 20. The Morgan fingerprint density at radius 1 is 0.690 bits per heavy atom. The van der Waals surface area contributed by atoms with Crippen LogP contribution in [0, 0.1) is 23.7 Å². The van der Waals surface area contributed by atoms with Crippen LogP contribution in [0.1, 0.15) is 81.1 Å². The van der Waals surface area contributed by atoms with Gasteiger partial charge in [-0.2, -0.15) is 0 Å². The summed E-state index contributed by atoms with van der Waals surface area (Å²) in [5.41, 5.74) is 11.7. The van der Waals surface area contributed by atoms with Gasteiger partial charge in [0.25, 0.3) is 0 Å². The minimum atomic E-state index is -4.13. The number of carbonyl (C=O) groups is 1. The zero-order chi connectivity index (χ0) is 63.3. The molecule has 2 unspecified atom stereocenters. The molecule has 7 heterocycles. The van der Waals surface area contributed by atoms with Crippen molar-refractivity contribution in [3.63, 3.8) is 0 Å². The first-order valence-corrected chi connectivity index (χ1v) is 33.1. The van der Waals surface area contributed by atoms with Gasteiger partial charge in [-0.3, -0.25) is 14.8 Å². The molecule has 23 nitrogen and oxygen atoms in total. The van der Waals surface area contributed by atoms with Crippen molar-refractivity contribution in [2.75, 3.05) is 150 Å². The number of ether oxygens (including phenoxy) is 6. The van der Waals surface area contributed by atoms with Crippen LogP contribution < -0.4 is 53.5 Å². The summed E-state index contributed by atoms with van der Waals surface area (Å²) in [5.74, 6) is 2.16. The molecule has 0 amide bonds. The number of fused-ring (bicyclic) bond motifs is 2. The number of sulfonamides is 1. The number of esters is 1. The van der Waals surface area contributed by atoms with Gasteiger partial charge in [-0.05, 0) is 101 Å².